The number of benzene rings is 1. The van der Waals surface area contributed by atoms with Gasteiger partial charge in [0.15, 0.2) is 0 Å². The fourth-order valence-corrected chi connectivity index (χ4v) is 4.30. The van der Waals surface area contributed by atoms with E-state index in [1.807, 2.05) is 22.8 Å². The summed E-state index contributed by atoms with van der Waals surface area (Å²) in [5, 5.41) is 17.7. The highest BCUT2D eigenvalue weighted by Gasteiger charge is 2.29. The molecule has 0 spiro atoms. The van der Waals surface area contributed by atoms with Gasteiger partial charge in [-0.05, 0) is 44.3 Å². The van der Waals surface area contributed by atoms with Crippen LogP contribution >= 0.6 is 23.5 Å². The third-order valence-corrected chi connectivity index (χ3v) is 6.17. The van der Waals surface area contributed by atoms with Crippen molar-refractivity contribution in [2.45, 2.75) is 50.9 Å². The maximum Gasteiger partial charge on any atom is 0.239 e. The molecule has 2 atom stereocenters. The Morgan fingerprint density at radius 3 is 2.36 bits per heavy atom. The number of hydrogen-bond acceptors (Lipinski definition) is 10. The first-order valence-corrected chi connectivity index (χ1v) is 12.9. The molecule has 0 bridgehead atoms. The monoisotopic (exact) mass is 536 g/mol. The van der Waals surface area contributed by atoms with Crippen LogP contribution in [0.1, 0.15) is 44.8 Å². The van der Waals surface area contributed by atoms with E-state index in [2.05, 4.69) is 31.8 Å². The molecular formula is C24H33ClN6O4S. The quantitative estimate of drug-likeness (QED) is 0.383. The van der Waals surface area contributed by atoms with Crippen LogP contribution in [0.4, 0.5) is 5.95 Å². The van der Waals surface area contributed by atoms with Gasteiger partial charge in [-0.25, -0.2) is 9.97 Å². The summed E-state index contributed by atoms with van der Waals surface area (Å²) in [6.07, 6.45) is 4.60. The highest BCUT2D eigenvalue weighted by Crippen LogP contribution is 2.38. The molecule has 1 fully saturated rings. The van der Waals surface area contributed by atoms with Crippen molar-refractivity contribution in [1.82, 2.24) is 24.7 Å². The van der Waals surface area contributed by atoms with E-state index >= 15 is 0 Å². The Hall–Kier alpha value is -2.60. The van der Waals surface area contributed by atoms with Crippen molar-refractivity contribution >= 4 is 29.5 Å². The number of nitrogens with one attached hydrogen (secondary N) is 1. The lowest BCUT2D eigenvalue weighted by atomic mass is 10.1. The molecule has 0 saturated carbocycles. The minimum Gasteiger partial charge on any atom is -0.494 e. The molecule has 36 heavy (non-hydrogen) atoms. The van der Waals surface area contributed by atoms with Crippen LogP contribution in [0, 0.1) is 0 Å². The number of aromatic nitrogens is 5. The molecule has 0 radical (unpaired) electrons. The van der Waals surface area contributed by atoms with E-state index in [1.54, 1.807) is 40.5 Å². The van der Waals surface area contributed by atoms with Gasteiger partial charge in [0.2, 0.25) is 5.95 Å². The third-order valence-electron chi connectivity index (χ3n) is 5.10. The lowest BCUT2D eigenvalue weighted by Gasteiger charge is -2.19. The number of nitrogens with zero attached hydrogens (tertiary/aromatic N) is 5. The van der Waals surface area contributed by atoms with E-state index in [0.717, 1.165) is 23.8 Å². The normalized spacial score (nSPS) is 15.8. The zero-order chi connectivity index (χ0) is 26.1. The summed E-state index contributed by atoms with van der Waals surface area (Å²) in [6.45, 7) is 6.84. The number of hydrogen-bond donors (Lipinski definition) is 2. The van der Waals surface area contributed by atoms with Crippen LogP contribution in [0.5, 0.6) is 11.5 Å². The van der Waals surface area contributed by atoms with Crippen molar-refractivity contribution in [3.63, 3.8) is 0 Å². The zero-order valence-corrected chi connectivity index (χ0v) is 22.7. The SMILES string of the molecule is CC(C)O.COc1cccc(OC)c1-n1c(NSC(C)Cc2ncc(Cl)cn2)nnc1C1CCOC1. The second-order valence-electron chi connectivity index (χ2n) is 8.43. The molecule has 1 saturated heterocycles. The molecule has 196 valence electrons. The van der Waals surface area contributed by atoms with E-state index in [-0.39, 0.29) is 17.3 Å². The molecule has 4 rings (SSSR count). The first-order valence-electron chi connectivity index (χ1n) is 11.6. The van der Waals surface area contributed by atoms with Crippen LogP contribution in [0.2, 0.25) is 5.02 Å². The minimum atomic E-state index is -0.167. The van der Waals surface area contributed by atoms with Crippen molar-refractivity contribution < 1.29 is 19.3 Å². The van der Waals surface area contributed by atoms with Crippen molar-refractivity contribution in [3.8, 4) is 17.2 Å². The summed E-state index contributed by atoms with van der Waals surface area (Å²) in [4.78, 5) is 8.55. The first-order chi connectivity index (χ1) is 17.3. The van der Waals surface area contributed by atoms with E-state index in [1.165, 1.54) is 11.9 Å². The molecule has 3 aromatic rings. The van der Waals surface area contributed by atoms with Gasteiger partial charge < -0.3 is 19.3 Å². The Morgan fingerprint density at radius 1 is 1.17 bits per heavy atom. The minimum absolute atomic E-state index is 0.137. The molecule has 1 aliphatic rings. The number of ether oxygens (including phenoxy) is 3. The highest BCUT2D eigenvalue weighted by molar-refractivity contribution is 8.01. The van der Waals surface area contributed by atoms with Crippen LogP contribution in [-0.2, 0) is 11.2 Å². The maximum absolute atomic E-state index is 8.06. The van der Waals surface area contributed by atoms with Gasteiger partial charge in [-0.3, -0.25) is 9.29 Å². The van der Waals surface area contributed by atoms with Gasteiger partial charge >= 0.3 is 0 Å². The molecule has 2 N–H and O–H groups in total. The highest BCUT2D eigenvalue weighted by atomic mass is 35.5. The van der Waals surface area contributed by atoms with Crippen molar-refractivity contribution in [2.75, 3.05) is 32.2 Å². The Bertz CT molecular complexity index is 1070. The summed E-state index contributed by atoms with van der Waals surface area (Å²) in [5.74, 6) is 3.59. The molecule has 12 heteroatoms. The fraction of sp³-hybridized carbons (Fsp3) is 0.500. The Balaban J connectivity index is 0.000000840. The van der Waals surface area contributed by atoms with Crippen LogP contribution in [-0.4, -0.2) is 68.6 Å². The number of halogens is 1. The number of aliphatic hydroxyl groups is 1. The standard InChI is InChI=1S/C21H25ClN6O3S.C3H8O/c1-13(9-18-23-10-15(22)11-24-18)32-27-21-26-25-20(14-7-8-31-12-14)28(21)19-16(29-2)5-4-6-17(19)30-3;1-3(2)4/h4-6,10-11,13-14H,7-9,12H2,1-3H3,(H,26,27);3-4H,1-2H3. The summed E-state index contributed by atoms with van der Waals surface area (Å²) < 4.78 is 22.2. The van der Waals surface area contributed by atoms with E-state index in [9.17, 15) is 0 Å². The summed E-state index contributed by atoms with van der Waals surface area (Å²) in [7, 11) is 3.27. The molecule has 0 amide bonds. The van der Waals surface area contributed by atoms with Crippen LogP contribution in [0.15, 0.2) is 30.6 Å². The summed E-state index contributed by atoms with van der Waals surface area (Å²) in [6, 6.07) is 5.67. The molecule has 0 aliphatic carbocycles. The third kappa shape index (κ3) is 7.45. The average molecular weight is 537 g/mol. The molecule has 1 aliphatic heterocycles. The Labute approximate surface area is 220 Å². The van der Waals surface area contributed by atoms with E-state index in [4.69, 9.17) is 30.9 Å². The average Bonchev–Trinajstić information content (AvgIpc) is 3.53. The van der Waals surface area contributed by atoms with Gasteiger partial charge in [-0.2, -0.15) is 0 Å². The summed E-state index contributed by atoms with van der Waals surface area (Å²) in [5.41, 5.74) is 0.751. The van der Waals surface area contributed by atoms with Gasteiger partial charge in [-0.15, -0.1) is 10.2 Å². The second-order valence-corrected chi connectivity index (χ2v) is 10.1. The maximum atomic E-state index is 8.06. The van der Waals surface area contributed by atoms with Gasteiger partial charge in [0.1, 0.15) is 28.8 Å². The Kier molecular flexibility index (Phi) is 10.6. The number of para-hydroxylation sites is 1. The van der Waals surface area contributed by atoms with E-state index in [0.29, 0.717) is 42.1 Å². The van der Waals surface area contributed by atoms with Gasteiger partial charge in [0.05, 0.1) is 25.8 Å². The predicted octanol–water partition coefficient (Wildman–Crippen LogP) is 4.31. The van der Waals surface area contributed by atoms with Crippen LogP contribution in [0.3, 0.4) is 0 Å². The van der Waals surface area contributed by atoms with Crippen LogP contribution in [0.25, 0.3) is 5.69 Å². The second kappa shape index (κ2) is 13.6. The topological polar surface area (TPSA) is 116 Å². The molecule has 2 aromatic heterocycles. The van der Waals surface area contributed by atoms with Gasteiger partial charge in [0.25, 0.3) is 0 Å². The fourth-order valence-electron chi connectivity index (χ4n) is 3.53. The molecule has 2 unspecified atom stereocenters. The van der Waals surface area contributed by atoms with E-state index < -0.39 is 0 Å². The molecular weight excluding hydrogens is 504 g/mol. The Morgan fingerprint density at radius 2 is 1.81 bits per heavy atom. The summed E-state index contributed by atoms with van der Waals surface area (Å²) >= 11 is 7.40. The van der Waals surface area contributed by atoms with Crippen LogP contribution < -0.4 is 14.2 Å². The van der Waals surface area contributed by atoms with Crippen molar-refractivity contribution in [3.05, 3.63) is 47.3 Å². The lowest BCUT2D eigenvalue weighted by molar-refractivity contribution is 0.193. The predicted molar refractivity (Wildman–Crippen MR) is 141 cm³/mol. The largest absolute Gasteiger partial charge is 0.494 e. The van der Waals surface area contributed by atoms with Gasteiger partial charge in [0, 0.05) is 42.7 Å². The zero-order valence-electron chi connectivity index (χ0n) is 21.1. The lowest BCUT2D eigenvalue weighted by Crippen LogP contribution is -2.13. The molecule has 1 aromatic carbocycles. The molecule has 3 heterocycles. The number of anilines is 1. The smallest absolute Gasteiger partial charge is 0.239 e. The van der Waals surface area contributed by atoms with Crippen molar-refractivity contribution in [2.24, 2.45) is 0 Å². The first kappa shape index (κ1) is 28.0. The number of rotatable bonds is 9. The van der Waals surface area contributed by atoms with Gasteiger partial charge in [-0.1, -0.05) is 24.6 Å². The van der Waals surface area contributed by atoms with Crippen molar-refractivity contribution in [1.29, 1.82) is 0 Å². The number of methoxy groups -OCH3 is 2. The number of aliphatic hydroxyl groups excluding tert-OH is 1. The molecule has 10 nitrogen and oxygen atoms in total.